The summed E-state index contributed by atoms with van der Waals surface area (Å²) >= 11 is 1.58. The summed E-state index contributed by atoms with van der Waals surface area (Å²) in [5.74, 6) is -0.823. The summed E-state index contributed by atoms with van der Waals surface area (Å²) < 4.78 is 15.1. The van der Waals surface area contributed by atoms with E-state index in [-0.39, 0.29) is 29.8 Å². The number of carbonyl (C=O) groups is 1. The van der Waals surface area contributed by atoms with E-state index in [4.69, 9.17) is 0 Å². The Morgan fingerprint density at radius 3 is 2.85 bits per heavy atom. The normalized spacial score (nSPS) is 13.3. The van der Waals surface area contributed by atoms with Crippen molar-refractivity contribution in [3.05, 3.63) is 69.9 Å². The highest BCUT2D eigenvalue weighted by Crippen LogP contribution is 2.22. The minimum atomic E-state index is -1.08. The Labute approximate surface area is 154 Å². The Kier molecular flexibility index (Phi) is 5.75. The van der Waals surface area contributed by atoms with Crippen LogP contribution in [0.1, 0.15) is 46.4 Å². The molecule has 0 fully saturated rings. The maximum Gasteiger partial charge on any atom is 0.273 e. The summed E-state index contributed by atoms with van der Waals surface area (Å²) in [5.41, 5.74) is 0.332. The highest BCUT2D eigenvalue weighted by Gasteiger charge is 2.19. The van der Waals surface area contributed by atoms with E-state index in [1.165, 1.54) is 23.0 Å². The van der Waals surface area contributed by atoms with Crippen molar-refractivity contribution in [3.8, 4) is 0 Å². The number of hydrogen-bond acceptors (Lipinski definition) is 5. The van der Waals surface area contributed by atoms with Gasteiger partial charge in [-0.25, -0.2) is 9.07 Å². The van der Waals surface area contributed by atoms with Gasteiger partial charge in [0.2, 0.25) is 0 Å². The van der Waals surface area contributed by atoms with Gasteiger partial charge in [-0.05, 0) is 23.9 Å². The first kappa shape index (κ1) is 18.2. The third-order valence-corrected chi connectivity index (χ3v) is 4.98. The lowest BCUT2D eigenvalue weighted by Gasteiger charge is -2.14. The minimum absolute atomic E-state index is 0.00332. The Hall–Kier alpha value is -2.58. The topological polar surface area (TPSA) is 80.0 Å². The van der Waals surface area contributed by atoms with Crippen LogP contribution in [0.5, 0.6) is 0 Å². The molecule has 8 heteroatoms. The first-order valence-corrected chi connectivity index (χ1v) is 9.13. The first-order valence-electron chi connectivity index (χ1n) is 8.25. The molecule has 6 nitrogen and oxygen atoms in total. The van der Waals surface area contributed by atoms with Gasteiger partial charge in [-0.1, -0.05) is 36.4 Å². The van der Waals surface area contributed by atoms with E-state index >= 15 is 0 Å². The van der Waals surface area contributed by atoms with Gasteiger partial charge in [0.25, 0.3) is 5.91 Å². The summed E-state index contributed by atoms with van der Waals surface area (Å²) in [6.45, 7) is 2.00. The fourth-order valence-electron chi connectivity index (χ4n) is 2.61. The molecule has 0 aliphatic rings. The van der Waals surface area contributed by atoms with Crippen LogP contribution in [0.25, 0.3) is 0 Å². The first-order chi connectivity index (χ1) is 12.6. The van der Waals surface area contributed by atoms with Crippen LogP contribution in [-0.4, -0.2) is 26.0 Å². The standard InChI is InChI=1S/C18H19FN4O2S/c1-2-14(17-8-5-9-26-17)20-18(25)15-10-23(22-21-15)11-16(24)12-6-3-4-7-13(12)19/h3-10,14,16,24H,2,11H2,1H3,(H,20,25)/t14-,16+/m0/s1. The van der Waals surface area contributed by atoms with Crippen LogP contribution in [0.3, 0.4) is 0 Å². The van der Waals surface area contributed by atoms with Gasteiger partial charge in [-0.15, -0.1) is 16.4 Å². The molecule has 2 aromatic heterocycles. The van der Waals surface area contributed by atoms with E-state index in [1.807, 2.05) is 24.4 Å². The smallest absolute Gasteiger partial charge is 0.273 e. The molecule has 26 heavy (non-hydrogen) atoms. The molecule has 3 aromatic rings. The highest BCUT2D eigenvalue weighted by molar-refractivity contribution is 7.10. The molecule has 0 unspecified atom stereocenters. The molecule has 0 aliphatic heterocycles. The molecule has 0 bridgehead atoms. The summed E-state index contributed by atoms with van der Waals surface area (Å²) in [6, 6.07) is 9.83. The molecule has 0 aliphatic carbocycles. The average molecular weight is 374 g/mol. The number of rotatable bonds is 7. The van der Waals surface area contributed by atoms with Gasteiger partial charge >= 0.3 is 0 Å². The van der Waals surface area contributed by atoms with Crippen molar-refractivity contribution in [2.24, 2.45) is 0 Å². The van der Waals surface area contributed by atoms with Crippen LogP contribution in [0, 0.1) is 5.82 Å². The van der Waals surface area contributed by atoms with Crippen LogP contribution in [-0.2, 0) is 6.54 Å². The van der Waals surface area contributed by atoms with Crippen molar-refractivity contribution in [3.63, 3.8) is 0 Å². The van der Waals surface area contributed by atoms with E-state index in [1.54, 1.807) is 23.5 Å². The molecular formula is C18H19FN4O2S. The maximum atomic E-state index is 13.7. The fraction of sp³-hybridized carbons (Fsp3) is 0.278. The molecule has 0 spiro atoms. The molecule has 2 atom stereocenters. The molecular weight excluding hydrogens is 355 g/mol. The number of aromatic nitrogens is 3. The zero-order valence-electron chi connectivity index (χ0n) is 14.2. The number of nitrogens with one attached hydrogen (secondary N) is 1. The van der Waals surface area contributed by atoms with Crippen LogP contribution in [0.4, 0.5) is 4.39 Å². The summed E-state index contributed by atoms with van der Waals surface area (Å²) in [4.78, 5) is 13.5. The van der Waals surface area contributed by atoms with Crippen LogP contribution in [0.15, 0.2) is 48.0 Å². The molecule has 2 N–H and O–H groups in total. The van der Waals surface area contributed by atoms with Gasteiger partial charge < -0.3 is 10.4 Å². The Balaban J connectivity index is 1.65. The predicted molar refractivity (Wildman–Crippen MR) is 96.2 cm³/mol. The number of aliphatic hydroxyl groups is 1. The number of aliphatic hydroxyl groups excluding tert-OH is 1. The Morgan fingerprint density at radius 1 is 1.35 bits per heavy atom. The molecule has 1 amide bonds. The SMILES string of the molecule is CC[C@H](NC(=O)c1cn(C[C@@H](O)c2ccccc2F)nn1)c1cccs1. The van der Waals surface area contributed by atoms with E-state index < -0.39 is 11.9 Å². The van der Waals surface area contributed by atoms with Gasteiger partial charge in [0, 0.05) is 10.4 Å². The zero-order chi connectivity index (χ0) is 18.5. The number of hydrogen-bond donors (Lipinski definition) is 2. The minimum Gasteiger partial charge on any atom is -0.386 e. The second-order valence-electron chi connectivity index (χ2n) is 5.81. The van der Waals surface area contributed by atoms with E-state index in [0.29, 0.717) is 0 Å². The molecule has 136 valence electrons. The molecule has 0 saturated heterocycles. The van der Waals surface area contributed by atoms with E-state index in [0.717, 1.165) is 11.3 Å². The average Bonchev–Trinajstić information content (AvgIpc) is 3.31. The third kappa shape index (κ3) is 4.14. The number of halogens is 1. The van der Waals surface area contributed by atoms with Crippen LogP contribution in [0.2, 0.25) is 0 Å². The maximum absolute atomic E-state index is 13.7. The van der Waals surface area contributed by atoms with Crippen LogP contribution < -0.4 is 5.32 Å². The Morgan fingerprint density at radius 2 is 2.15 bits per heavy atom. The lowest BCUT2D eigenvalue weighted by atomic mass is 10.1. The van der Waals surface area contributed by atoms with E-state index in [2.05, 4.69) is 15.6 Å². The molecule has 0 radical (unpaired) electrons. The predicted octanol–water partition coefficient (Wildman–Crippen LogP) is 3.09. The number of thiophene rings is 1. The molecule has 0 saturated carbocycles. The quantitative estimate of drug-likeness (QED) is 0.666. The largest absolute Gasteiger partial charge is 0.386 e. The number of benzene rings is 1. The summed E-state index contributed by atoms with van der Waals surface area (Å²) in [7, 11) is 0. The summed E-state index contributed by atoms with van der Waals surface area (Å²) in [6.07, 6.45) is 1.12. The molecule has 2 heterocycles. The van der Waals surface area contributed by atoms with Crippen molar-refractivity contribution < 1.29 is 14.3 Å². The van der Waals surface area contributed by atoms with Crippen molar-refractivity contribution >= 4 is 17.2 Å². The van der Waals surface area contributed by atoms with Crippen molar-refractivity contribution in [1.82, 2.24) is 20.3 Å². The summed E-state index contributed by atoms with van der Waals surface area (Å²) in [5, 5.41) is 22.8. The number of amides is 1. The second kappa shape index (κ2) is 8.20. The lowest BCUT2D eigenvalue weighted by molar-refractivity contribution is 0.0931. The molecule has 3 rings (SSSR count). The van der Waals surface area contributed by atoms with Gasteiger partial charge in [0.1, 0.15) is 11.9 Å². The monoisotopic (exact) mass is 374 g/mol. The third-order valence-electron chi connectivity index (χ3n) is 4.00. The second-order valence-corrected chi connectivity index (χ2v) is 6.79. The van der Waals surface area contributed by atoms with Gasteiger partial charge in [0.05, 0.1) is 18.8 Å². The van der Waals surface area contributed by atoms with Crippen LogP contribution >= 0.6 is 11.3 Å². The Bertz CT molecular complexity index is 866. The van der Waals surface area contributed by atoms with Gasteiger partial charge in [-0.2, -0.15) is 0 Å². The highest BCUT2D eigenvalue weighted by atomic mass is 32.1. The zero-order valence-corrected chi connectivity index (χ0v) is 15.0. The molecule has 1 aromatic carbocycles. The van der Waals surface area contributed by atoms with Gasteiger partial charge in [0.15, 0.2) is 5.69 Å². The fourth-order valence-corrected chi connectivity index (χ4v) is 3.47. The van der Waals surface area contributed by atoms with Crippen molar-refractivity contribution in [2.75, 3.05) is 0 Å². The van der Waals surface area contributed by atoms with Crippen molar-refractivity contribution in [1.29, 1.82) is 0 Å². The number of nitrogens with zero attached hydrogens (tertiary/aromatic N) is 3. The number of carbonyl (C=O) groups excluding carboxylic acids is 1. The lowest BCUT2D eigenvalue weighted by Crippen LogP contribution is -2.27. The van der Waals surface area contributed by atoms with Crippen molar-refractivity contribution in [2.45, 2.75) is 32.0 Å². The van der Waals surface area contributed by atoms with Gasteiger partial charge in [-0.3, -0.25) is 4.79 Å². The van der Waals surface area contributed by atoms with E-state index in [9.17, 15) is 14.3 Å².